The number of aromatic nitrogens is 2. The summed E-state index contributed by atoms with van der Waals surface area (Å²) in [5.41, 5.74) is -0.716. The average molecular weight is 336 g/mol. The maximum Gasteiger partial charge on any atom is 0.330 e. The largest absolute Gasteiger partial charge is 0.353 e. The van der Waals surface area contributed by atoms with Crippen molar-refractivity contribution in [3.8, 4) is 0 Å². The lowest BCUT2D eigenvalue weighted by Gasteiger charge is -2.13. The summed E-state index contributed by atoms with van der Waals surface area (Å²) >= 11 is 2.31. The van der Waals surface area contributed by atoms with Crippen LogP contribution in [0.15, 0.2) is 21.9 Å². The normalized spacial score (nSPS) is 29.5. The van der Waals surface area contributed by atoms with E-state index in [9.17, 15) is 9.59 Å². The van der Waals surface area contributed by atoms with Crippen LogP contribution in [0, 0.1) is 0 Å². The number of halogens is 1. The molecule has 3 atom stereocenters. The van der Waals surface area contributed by atoms with Crippen LogP contribution in [0.25, 0.3) is 0 Å². The van der Waals surface area contributed by atoms with Gasteiger partial charge in [-0.2, -0.15) is 0 Å². The molecule has 2 heterocycles. The Balaban J connectivity index is 2.34. The summed E-state index contributed by atoms with van der Waals surface area (Å²) in [5, 5.41) is 0. The van der Waals surface area contributed by atoms with Crippen molar-refractivity contribution in [3.05, 3.63) is 33.1 Å². The standard InChI is InChI=1S/C10H13IN2O3/c1-2-7-6(11)5-9(16-7)13-8(14)3-4-12-10(13)15/h3-4,6-7,9H,2,5H2,1H3,(H,12,15)/t6?,7-,9+/m1/s1. The number of aromatic amines is 1. The van der Waals surface area contributed by atoms with E-state index in [1.54, 1.807) is 0 Å². The first-order valence-electron chi connectivity index (χ1n) is 5.23. The molecule has 0 aromatic carbocycles. The highest BCUT2D eigenvalue weighted by Crippen LogP contribution is 2.33. The molecule has 16 heavy (non-hydrogen) atoms. The summed E-state index contributed by atoms with van der Waals surface area (Å²) in [4.78, 5) is 25.6. The highest BCUT2D eigenvalue weighted by Gasteiger charge is 2.34. The third kappa shape index (κ3) is 2.08. The van der Waals surface area contributed by atoms with E-state index in [2.05, 4.69) is 27.6 Å². The third-order valence-electron chi connectivity index (χ3n) is 2.74. The topological polar surface area (TPSA) is 64.1 Å². The second kappa shape index (κ2) is 4.70. The maximum absolute atomic E-state index is 11.6. The van der Waals surface area contributed by atoms with Crippen LogP contribution in [-0.4, -0.2) is 19.6 Å². The lowest BCUT2D eigenvalue weighted by molar-refractivity contribution is -0.00261. The van der Waals surface area contributed by atoms with Gasteiger partial charge in [-0.15, -0.1) is 0 Å². The fraction of sp³-hybridized carbons (Fsp3) is 0.600. The minimum Gasteiger partial charge on any atom is -0.353 e. The lowest BCUT2D eigenvalue weighted by atomic mass is 10.2. The van der Waals surface area contributed by atoms with Gasteiger partial charge in [-0.05, 0) is 6.42 Å². The molecule has 0 aliphatic carbocycles. The van der Waals surface area contributed by atoms with E-state index in [-0.39, 0.29) is 11.7 Å². The summed E-state index contributed by atoms with van der Waals surface area (Å²) in [6.45, 7) is 2.04. The zero-order valence-corrected chi connectivity index (χ0v) is 11.0. The Morgan fingerprint density at radius 1 is 1.62 bits per heavy atom. The van der Waals surface area contributed by atoms with Crippen molar-refractivity contribution in [3.63, 3.8) is 0 Å². The van der Waals surface area contributed by atoms with E-state index >= 15 is 0 Å². The molecule has 0 radical (unpaired) electrons. The van der Waals surface area contributed by atoms with Gasteiger partial charge in [0.25, 0.3) is 5.56 Å². The molecule has 1 aliphatic rings. The van der Waals surface area contributed by atoms with E-state index in [1.165, 1.54) is 12.3 Å². The average Bonchev–Trinajstić information content (AvgIpc) is 2.59. The highest BCUT2D eigenvalue weighted by atomic mass is 127. The van der Waals surface area contributed by atoms with Crippen molar-refractivity contribution in [2.45, 2.75) is 36.0 Å². The van der Waals surface area contributed by atoms with Crippen LogP contribution in [0.4, 0.5) is 0 Å². The summed E-state index contributed by atoms with van der Waals surface area (Å²) in [6.07, 6.45) is 2.64. The Kier molecular flexibility index (Phi) is 3.48. The fourth-order valence-electron chi connectivity index (χ4n) is 1.91. The number of hydrogen-bond acceptors (Lipinski definition) is 3. The quantitative estimate of drug-likeness (QED) is 0.648. The van der Waals surface area contributed by atoms with E-state index in [0.29, 0.717) is 10.3 Å². The Hall–Kier alpha value is -0.630. The Bertz CT molecular complexity index is 453. The second-order valence-electron chi connectivity index (χ2n) is 3.78. The number of nitrogens with one attached hydrogen (secondary N) is 1. The summed E-state index contributed by atoms with van der Waals surface area (Å²) < 4.78 is 7.21. The van der Waals surface area contributed by atoms with Crippen LogP contribution in [0.5, 0.6) is 0 Å². The van der Waals surface area contributed by atoms with Crippen LogP contribution in [-0.2, 0) is 4.74 Å². The number of nitrogens with zero attached hydrogens (tertiary/aromatic N) is 1. The number of hydrogen-bond donors (Lipinski definition) is 1. The molecule has 1 aliphatic heterocycles. The minimum atomic E-state index is -0.427. The molecule has 0 saturated carbocycles. The molecule has 1 unspecified atom stereocenters. The van der Waals surface area contributed by atoms with Gasteiger partial charge in [0.1, 0.15) is 6.23 Å². The molecule has 0 spiro atoms. The van der Waals surface area contributed by atoms with Crippen molar-refractivity contribution in [2.24, 2.45) is 0 Å². The Morgan fingerprint density at radius 2 is 2.38 bits per heavy atom. The van der Waals surface area contributed by atoms with Gasteiger partial charge < -0.3 is 9.72 Å². The predicted octanol–water partition coefficient (Wildman–Crippen LogP) is 1.04. The number of alkyl halides is 1. The zero-order chi connectivity index (χ0) is 11.7. The number of rotatable bonds is 2. The Labute approximate surface area is 106 Å². The van der Waals surface area contributed by atoms with E-state index in [4.69, 9.17) is 4.74 Å². The molecule has 1 saturated heterocycles. The number of H-pyrrole nitrogens is 1. The first kappa shape index (κ1) is 11.8. The predicted molar refractivity (Wildman–Crippen MR) is 67.9 cm³/mol. The van der Waals surface area contributed by atoms with Gasteiger partial charge in [0, 0.05) is 22.6 Å². The fourth-order valence-corrected chi connectivity index (χ4v) is 3.03. The molecule has 1 aromatic rings. The van der Waals surface area contributed by atoms with Crippen molar-refractivity contribution < 1.29 is 4.74 Å². The molecule has 0 bridgehead atoms. The third-order valence-corrected chi connectivity index (χ3v) is 4.05. The molecule has 88 valence electrons. The molecule has 1 N–H and O–H groups in total. The molecular weight excluding hydrogens is 323 g/mol. The van der Waals surface area contributed by atoms with Crippen LogP contribution >= 0.6 is 22.6 Å². The summed E-state index contributed by atoms with van der Waals surface area (Å²) in [5.74, 6) is 0. The van der Waals surface area contributed by atoms with E-state index in [1.807, 2.05) is 6.92 Å². The van der Waals surface area contributed by atoms with Gasteiger partial charge >= 0.3 is 5.69 Å². The maximum atomic E-state index is 11.6. The van der Waals surface area contributed by atoms with Gasteiger partial charge in [0.2, 0.25) is 0 Å². The van der Waals surface area contributed by atoms with Crippen molar-refractivity contribution in [1.29, 1.82) is 0 Å². The monoisotopic (exact) mass is 336 g/mol. The first-order valence-corrected chi connectivity index (χ1v) is 6.47. The van der Waals surface area contributed by atoms with Crippen LogP contribution in [0.3, 0.4) is 0 Å². The first-order chi connectivity index (χ1) is 7.63. The molecule has 0 amide bonds. The second-order valence-corrected chi connectivity index (χ2v) is 5.38. The van der Waals surface area contributed by atoms with E-state index < -0.39 is 11.9 Å². The lowest BCUT2D eigenvalue weighted by Crippen LogP contribution is -2.37. The minimum absolute atomic E-state index is 0.122. The van der Waals surface area contributed by atoms with Gasteiger partial charge in [-0.25, -0.2) is 9.36 Å². The van der Waals surface area contributed by atoms with Gasteiger partial charge in [-0.3, -0.25) is 4.79 Å². The zero-order valence-electron chi connectivity index (χ0n) is 8.85. The van der Waals surface area contributed by atoms with Gasteiger partial charge in [-0.1, -0.05) is 29.5 Å². The van der Waals surface area contributed by atoms with Crippen LogP contribution in [0.1, 0.15) is 26.0 Å². The summed E-state index contributed by atoms with van der Waals surface area (Å²) in [7, 11) is 0. The smallest absolute Gasteiger partial charge is 0.330 e. The van der Waals surface area contributed by atoms with Crippen LogP contribution < -0.4 is 11.2 Å². The van der Waals surface area contributed by atoms with Crippen LogP contribution in [0.2, 0.25) is 0 Å². The number of ether oxygens (including phenoxy) is 1. The molecule has 2 rings (SSSR count). The molecule has 1 fully saturated rings. The molecule has 1 aromatic heterocycles. The molecule has 6 heteroatoms. The van der Waals surface area contributed by atoms with Gasteiger partial charge in [0.05, 0.1) is 6.10 Å². The Morgan fingerprint density at radius 3 is 2.94 bits per heavy atom. The van der Waals surface area contributed by atoms with Crippen molar-refractivity contribution >= 4 is 22.6 Å². The highest BCUT2D eigenvalue weighted by molar-refractivity contribution is 14.1. The van der Waals surface area contributed by atoms with Crippen molar-refractivity contribution in [2.75, 3.05) is 0 Å². The molecular formula is C10H13IN2O3. The SMILES string of the molecule is CC[C@H]1O[C@H](n2c(=O)cc[nH]c2=O)CC1I. The van der Waals surface area contributed by atoms with Crippen molar-refractivity contribution in [1.82, 2.24) is 9.55 Å². The molecule has 5 nitrogen and oxygen atoms in total. The van der Waals surface area contributed by atoms with E-state index in [0.717, 1.165) is 11.0 Å². The van der Waals surface area contributed by atoms with Gasteiger partial charge in [0.15, 0.2) is 0 Å². The summed E-state index contributed by atoms with van der Waals surface area (Å²) in [6, 6.07) is 1.34.